The van der Waals surface area contributed by atoms with Crippen LogP contribution in [0.3, 0.4) is 0 Å². The van der Waals surface area contributed by atoms with Crippen molar-refractivity contribution in [1.82, 2.24) is 19.8 Å². The zero-order chi connectivity index (χ0) is 18.7. The Labute approximate surface area is 155 Å². The number of nitrogens with zero attached hydrogens (tertiary/aromatic N) is 5. The van der Waals surface area contributed by atoms with Gasteiger partial charge in [-0.25, -0.2) is 9.97 Å². The highest BCUT2D eigenvalue weighted by molar-refractivity contribution is 6.04. The summed E-state index contributed by atoms with van der Waals surface area (Å²) in [6.45, 7) is 9.76. The first-order valence-corrected chi connectivity index (χ1v) is 9.50. The van der Waals surface area contributed by atoms with Crippen LogP contribution < -0.4 is 4.90 Å². The van der Waals surface area contributed by atoms with Crippen LogP contribution in [-0.4, -0.2) is 70.9 Å². The van der Waals surface area contributed by atoms with Crippen LogP contribution in [0.25, 0.3) is 0 Å². The van der Waals surface area contributed by atoms with Crippen molar-refractivity contribution in [3.63, 3.8) is 0 Å². The third-order valence-electron chi connectivity index (χ3n) is 5.42. The van der Waals surface area contributed by atoms with Gasteiger partial charge in [-0.2, -0.15) is 0 Å². The van der Waals surface area contributed by atoms with Gasteiger partial charge in [0.15, 0.2) is 0 Å². The number of piperazine rings is 1. The highest BCUT2D eigenvalue weighted by atomic mass is 16.2. The van der Waals surface area contributed by atoms with Crippen LogP contribution in [0.15, 0.2) is 18.5 Å². The predicted octanol–water partition coefficient (Wildman–Crippen LogP) is 1.41. The largest absolute Gasteiger partial charge is 0.342 e. The van der Waals surface area contributed by atoms with E-state index in [1.807, 2.05) is 9.80 Å². The van der Waals surface area contributed by atoms with E-state index in [4.69, 9.17) is 0 Å². The van der Waals surface area contributed by atoms with E-state index in [-0.39, 0.29) is 11.8 Å². The van der Waals surface area contributed by atoms with Crippen LogP contribution in [0, 0.1) is 11.3 Å². The molecule has 142 valence electrons. The van der Waals surface area contributed by atoms with Gasteiger partial charge >= 0.3 is 0 Å². The van der Waals surface area contributed by atoms with E-state index < -0.39 is 5.41 Å². The molecule has 1 unspecified atom stereocenters. The minimum absolute atomic E-state index is 0.0390. The minimum atomic E-state index is -1.01. The van der Waals surface area contributed by atoms with E-state index in [2.05, 4.69) is 21.8 Å². The summed E-state index contributed by atoms with van der Waals surface area (Å²) in [6.07, 6.45) is 5.62. The summed E-state index contributed by atoms with van der Waals surface area (Å²) in [4.78, 5) is 40.3. The number of amides is 2. The van der Waals surface area contributed by atoms with E-state index in [1.54, 1.807) is 32.3 Å². The molecule has 1 atom stereocenters. The average Bonchev–Trinajstić information content (AvgIpc) is 2.67. The van der Waals surface area contributed by atoms with E-state index in [0.29, 0.717) is 38.0 Å². The van der Waals surface area contributed by atoms with Crippen LogP contribution in [0.5, 0.6) is 0 Å². The number of rotatable bonds is 3. The predicted molar refractivity (Wildman–Crippen MR) is 99.6 cm³/mol. The number of piperidine rings is 1. The summed E-state index contributed by atoms with van der Waals surface area (Å²) in [5, 5.41) is 0. The Morgan fingerprint density at radius 3 is 2.23 bits per heavy atom. The number of likely N-dealkylation sites (tertiary alicyclic amines) is 1. The summed E-state index contributed by atoms with van der Waals surface area (Å²) < 4.78 is 0. The Kier molecular flexibility index (Phi) is 5.44. The standard InChI is InChI=1S/C19H29N5O2/c1-15-6-4-9-24(14-15)17(26)19(2,3)16(25)22-10-12-23(13-11-22)18-20-7-5-8-21-18/h5,7-8,15H,4,6,9-14H2,1-3H3. The van der Waals surface area contributed by atoms with Crippen molar-refractivity contribution < 1.29 is 9.59 Å². The number of anilines is 1. The molecular weight excluding hydrogens is 330 g/mol. The third kappa shape index (κ3) is 3.81. The smallest absolute Gasteiger partial charge is 0.237 e. The van der Waals surface area contributed by atoms with Gasteiger partial charge in [0, 0.05) is 51.7 Å². The highest BCUT2D eigenvalue weighted by Gasteiger charge is 2.43. The summed E-state index contributed by atoms with van der Waals surface area (Å²) in [6, 6.07) is 1.79. The molecule has 2 aliphatic heterocycles. The monoisotopic (exact) mass is 359 g/mol. The van der Waals surface area contributed by atoms with Gasteiger partial charge in [-0.3, -0.25) is 9.59 Å². The first-order chi connectivity index (χ1) is 12.4. The molecule has 0 N–H and O–H groups in total. The lowest BCUT2D eigenvalue weighted by molar-refractivity contribution is -0.155. The van der Waals surface area contributed by atoms with E-state index in [1.165, 1.54) is 0 Å². The summed E-state index contributed by atoms with van der Waals surface area (Å²) in [7, 11) is 0. The Balaban J connectivity index is 1.60. The molecule has 2 saturated heterocycles. The molecule has 0 radical (unpaired) electrons. The second kappa shape index (κ2) is 7.60. The lowest BCUT2D eigenvalue weighted by atomic mass is 9.87. The summed E-state index contributed by atoms with van der Waals surface area (Å²) >= 11 is 0. The zero-order valence-electron chi connectivity index (χ0n) is 16.0. The first kappa shape index (κ1) is 18.6. The second-order valence-corrected chi connectivity index (χ2v) is 7.95. The molecule has 0 spiro atoms. The first-order valence-electron chi connectivity index (χ1n) is 9.50. The van der Waals surface area contributed by atoms with Crippen molar-refractivity contribution in [3.05, 3.63) is 18.5 Å². The van der Waals surface area contributed by atoms with Crippen LogP contribution in [0.2, 0.25) is 0 Å². The molecule has 0 bridgehead atoms. The van der Waals surface area contributed by atoms with Crippen molar-refractivity contribution in [2.75, 3.05) is 44.2 Å². The van der Waals surface area contributed by atoms with Crippen molar-refractivity contribution >= 4 is 17.8 Å². The van der Waals surface area contributed by atoms with Gasteiger partial charge in [0.1, 0.15) is 5.41 Å². The number of carbonyl (C=O) groups is 2. The van der Waals surface area contributed by atoms with E-state index in [9.17, 15) is 9.59 Å². The molecule has 2 amide bonds. The number of aromatic nitrogens is 2. The number of hydrogen-bond acceptors (Lipinski definition) is 5. The van der Waals surface area contributed by atoms with Gasteiger partial charge in [-0.1, -0.05) is 6.92 Å². The second-order valence-electron chi connectivity index (χ2n) is 7.95. The Morgan fingerprint density at radius 1 is 1.00 bits per heavy atom. The van der Waals surface area contributed by atoms with Crippen LogP contribution >= 0.6 is 0 Å². The lowest BCUT2D eigenvalue weighted by Crippen LogP contribution is -2.57. The lowest BCUT2D eigenvalue weighted by Gasteiger charge is -2.40. The van der Waals surface area contributed by atoms with Crippen LogP contribution in [0.4, 0.5) is 5.95 Å². The molecule has 2 fully saturated rings. The molecule has 0 saturated carbocycles. The van der Waals surface area contributed by atoms with Gasteiger partial charge < -0.3 is 14.7 Å². The summed E-state index contributed by atoms with van der Waals surface area (Å²) in [5.74, 6) is 1.09. The van der Waals surface area contributed by atoms with Crippen molar-refractivity contribution in [3.8, 4) is 0 Å². The SMILES string of the molecule is CC1CCCN(C(=O)C(C)(C)C(=O)N2CCN(c3ncccn3)CC2)C1. The fourth-order valence-electron chi connectivity index (χ4n) is 3.82. The molecule has 3 rings (SSSR count). The maximum Gasteiger partial charge on any atom is 0.237 e. The van der Waals surface area contributed by atoms with E-state index in [0.717, 1.165) is 25.9 Å². The van der Waals surface area contributed by atoms with Crippen LogP contribution in [0.1, 0.15) is 33.6 Å². The summed E-state index contributed by atoms with van der Waals surface area (Å²) in [5.41, 5.74) is -1.01. The van der Waals surface area contributed by atoms with Gasteiger partial charge in [0.25, 0.3) is 0 Å². The molecular formula is C19H29N5O2. The molecule has 7 heteroatoms. The normalized spacial score (nSPS) is 21.7. The quantitative estimate of drug-likeness (QED) is 0.763. The van der Waals surface area contributed by atoms with Crippen LogP contribution in [-0.2, 0) is 9.59 Å². The number of hydrogen-bond donors (Lipinski definition) is 0. The number of carbonyl (C=O) groups excluding carboxylic acids is 2. The molecule has 0 aliphatic carbocycles. The Bertz CT molecular complexity index is 641. The molecule has 3 heterocycles. The molecule has 26 heavy (non-hydrogen) atoms. The third-order valence-corrected chi connectivity index (χ3v) is 5.42. The topological polar surface area (TPSA) is 69.6 Å². The molecule has 1 aromatic heterocycles. The molecule has 2 aliphatic rings. The minimum Gasteiger partial charge on any atom is -0.342 e. The fraction of sp³-hybridized carbons (Fsp3) is 0.684. The van der Waals surface area contributed by atoms with Gasteiger partial charge in [0.05, 0.1) is 0 Å². The zero-order valence-corrected chi connectivity index (χ0v) is 16.0. The van der Waals surface area contributed by atoms with Crippen molar-refractivity contribution in [2.45, 2.75) is 33.6 Å². The molecule has 7 nitrogen and oxygen atoms in total. The Hall–Kier alpha value is -2.18. The maximum atomic E-state index is 13.1. The molecule has 0 aromatic carbocycles. The van der Waals surface area contributed by atoms with Gasteiger partial charge in [-0.05, 0) is 38.7 Å². The van der Waals surface area contributed by atoms with Crippen molar-refractivity contribution in [2.24, 2.45) is 11.3 Å². The van der Waals surface area contributed by atoms with Gasteiger partial charge in [-0.15, -0.1) is 0 Å². The van der Waals surface area contributed by atoms with Crippen molar-refractivity contribution in [1.29, 1.82) is 0 Å². The highest BCUT2D eigenvalue weighted by Crippen LogP contribution is 2.27. The van der Waals surface area contributed by atoms with E-state index >= 15 is 0 Å². The molecule has 1 aromatic rings. The maximum absolute atomic E-state index is 13.1. The Morgan fingerprint density at radius 2 is 1.62 bits per heavy atom. The average molecular weight is 359 g/mol. The fourth-order valence-corrected chi connectivity index (χ4v) is 3.82. The van der Waals surface area contributed by atoms with Gasteiger partial charge in [0.2, 0.25) is 17.8 Å².